The highest BCUT2D eigenvalue weighted by Gasteiger charge is 2.11. The zero-order chi connectivity index (χ0) is 11.5. The molecule has 1 unspecified atom stereocenters. The lowest BCUT2D eigenvalue weighted by molar-refractivity contribution is 0.265. The Bertz CT molecular complexity index is 466. The summed E-state index contributed by atoms with van der Waals surface area (Å²) >= 11 is 2.25. The topological polar surface area (TPSA) is 64.1 Å². The molecule has 0 bridgehead atoms. The van der Waals surface area contributed by atoms with Gasteiger partial charge in [0.1, 0.15) is 0 Å². The minimum atomic E-state index is -0.401. The molecule has 0 radical (unpaired) electrons. The normalized spacial score (nSPS) is 12.7. The van der Waals surface area contributed by atoms with Gasteiger partial charge in [-0.25, -0.2) is 4.98 Å². The van der Waals surface area contributed by atoms with E-state index in [1.165, 1.54) is 3.57 Å². The number of aliphatic hydroxyl groups excluding tert-OH is 1. The van der Waals surface area contributed by atoms with E-state index in [1.54, 1.807) is 12.5 Å². The van der Waals surface area contributed by atoms with Gasteiger partial charge in [-0.2, -0.15) is 0 Å². The van der Waals surface area contributed by atoms with Gasteiger partial charge in [-0.15, -0.1) is 0 Å². The highest BCUT2D eigenvalue weighted by Crippen LogP contribution is 2.17. The van der Waals surface area contributed by atoms with E-state index < -0.39 is 6.04 Å². The van der Waals surface area contributed by atoms with Gasteiger partial charge >= 0.3 is 0 Å². The first-order valence-electron chi connectivity index (χ1n) is 4.87. The lowest BCUT2D eigenvalue weighted by Gasteiger charge is -2.12. The Morgan fingerprint density at radius 2 is 2.06 bits per heavy atom. The second-order valence-corrected chi connectivity index (χ2v) is 4.70. The number of nitrogens with two attached hydrogens (primary N) is 1. The number of imidazole rings is 1. The average Bonchev–Trinajstić information content (AvgIpc) is 2.78. The molecule has 1 atom stereocenters. The number of hydrogen-bond donors (Lipinski definition) is 2. The first-order valence-corrected chi connectivity index (χ1v) is 5.95. The van der Waals surface area contributed by atoms with E-state index in [4.69, 9.17) is 10.8 Å². The van der Waals surface area contributed by atoms with Crippen LogP contribution in [0.2, 0.25) is 0 Å². The third kappa shape index (κ3) is 2.26. The van der Waals surface area contributed by atoms with Gasteiger partial charge in [0.15, 0.2) is 0 Å². The Kier molecular flexibility index (Phi) is 3.57. The van der Waals surface area contributed by atoms with Crippen LogP contribution in [-0.4, -0.2) is 21.3 Å². The summed E-state index contributed by atoms with van der Waals surface area (Å²) in [5, 5.41) is 9.05. The van der Waals surface area contributed by atoms with Crippen LogP contribution in [-0.2, 0) is 0 Å². The van der Waals surface area contributed by atoms with Gasteiger partial charge in [0.05, 0.1) is 30.9 Å². The van der Waals surface area contributed by atoms with Crippen molar-refractivity contribution in [2.75, 3.05) is 6.61 Å². The van der Waals surface area contributed by atoms with Crippen LogP contribution in [0, 0.1) is 3.57 Å². The van der Waals surface area contributed by atoms with Gasteiger partial charge in [-0.1, -0.05) is 0 Å². The van der Waals surface area contributed by atoms with Crippen LogP contribution < -0.4 is 5.73 Å². The van der Waals surface area contributed by atoms with Crippen molar-refractivity contribution in [1.82, 2.24) is 9.55 Å². The average molecular weight is 329 g/mol. The lowest BCUT2D eigenvalue weighted by atomic mass is 10.2. The maximum absolute atomic E-state index is 9.05. The molecular weight excluding hydrogens is 317 g/mol. The Morgan fingerprint density at radius 3 is 2.69 bits per heavy atom. The van der Waals surface area contributed by atoms with Crippen molar-refractivity contribution in [3.63, 3.8) is 0 Å². The molecule has 84 valence electrons. The van der Waals surface area contributed by atoms with Crippen LogP contribution in [0.4, 0.5) is 0 Å². The number of rotatable bonds is 3. The maximum atomic E-state index is 9.05. The summed E-state index contributed by atoms with van der Waals surface area (Å²) < 4.78 is 3.06. The van der Waals surface area contributed by atoms with Gasteiger partial charge in [0, 0.05) is 9.26 Å². The number of nitrogens with zero attached hydrogens (tertiary/aromatic N) is 2. The van der Waals surface area contributed by atoms with Crippen molar-refractivity contribution < 1.29 is 5.11 Å². The van der Waals surface area contributed by atoms with Gasteiger partial charge < -0.3 is 15.4 Å². The zero-order valence-corrected chi connectivity index (χ0v) is 10.7. The largest absolute Gasteiger partial charge is 0.394 e. The van der Waals surface area contributed by atoms with Crippen LogP contribution in [0.15, 0.2) is 36.8 Å². The van der Waals surface area contributed by atoms with Crippen LogP contribution in [0.1, 0.15) is 11.7 Å². The van der Waals surface area contributed by atoms with Crippen LogP contribution >= 0.6 is 22.6 Å². The first kappa shape index (κ1) is 11.6. The summed E-state index contributed by atoms with van der Waals surface area (Å²) in [6.07, 6.45) is 3.38. The molecule has 5 heteroatoms. The number of hydrogen-bond acceptors (Lipinski definition) is 3. The molecule has 0 saturated heterocycles. The summed E-state index contributed by atoms with van der Waals surface area (Å²) in [7, 11) is 0. The lowest BCUT2D eigenvalue weighted by Crippen LogP contribution is -2.17. The monoisotopic (exact) mass is 329 g/mol. The van der Waals surface area contributed by atoms with Crippen molar-refractivity contribution in [1.29, 1.82) is 0 Å². The van der Waals surface area contributed by atoms with Gasteiger partial charge in [0.2, 0.25) is 0 Å². The predicted molar refractivity (Wildman–Crippen MR) is 70.3 cm³/mol. The Balaban J connectivity index is 2.40. The molecule has 0 amide bonds. The summed E-state index contributed by atoms with van der Waals surface area (Å²) in [6.45, 7) is -0.0872. The number of aliphatic hydroxyl groups is 1. The number of benzene rings is 1. The summed E-state index contributed by atoms with van der Waals surface area (Å²) in [4.78, 5) is 4.06. The molecule has 1 heterocycles. The van der Waals surface area contributed by atoms with Crippen molar-refractivity contribution in [2.24, 2.45) is 5.73 Å². The van der Waals surface area contributed by atoms with E-state index >= 15 is 0 Å². The molecule has 0 aliphatic rings. The second kappa shape index (κ2) is 4.94. The van der Waals surface area contributed by atoms with Crippen LogP contribution in [0.25, 0.3) is 5.69 Å². The highest BCUT2D eigenvalue weighted by molar-refractivity contribution is 14.1. The summed E-state index contributed by atoms with van der Waals surface area (Å²) in [5.41, 5.74) is 7.60. The standard InChI is InChI=1S/C11H12IN3O/c12-8-1-3-9(4-2-8)15-7-14-5-11(15)10(13)6-16/h1-5,7,10,16H,6,13H2. The Hall–Kier alpha value is -0.920. The molecule has 1 aromatic carbocycles. The highest BCUT2D eigenvalue weighted by atomic mass is 127. The van der Waals surface area contributed by atoms with Crippen molar-refractivity contribution in [3.8, 4) is 5.69 Å². The van der Waals surface area contributed by atoms with Gasteiger partial charge in [-0.05, 0) is 46.9 Å². The summed E-state index contributed by atoms with van der Waals surface area (Å²) in [6, 6.07) is 7.63. The number of aromatic nitrogens is 2. The third-order valence-corrected chi connectivity index (χ3v) is 3.07. The van der Waals surface area contributed by atoms with E-state index in [9.17, 15) is 0 Å². The minimum Gasteiger partial charge on any atom is -0.394 e. The molecule has 0 saturated carbocycles. The van der Waals surface area contributed by atoms with Crippen molar-refractivity contribution in [3.05, 3.63) is 46.1 Å². The maximum Gasteiger partial charge on any atom is 0.0994 e. The van der Waals surface area contributed by atoms with E-state index in [0.717, 1.165) is 11.4 Å². The minimum absolute atomic E-state index is 0.0872. The fourth-order valence-electron chi connectivity index (χ4n) is 1.49. The van der Waals surface area contributed by atoms with Crippen LogP contribution in [0.5, 0.6) is 0 Å². The fraction of sp³-hybridized carbons (Fsp3) is 0.182. The molecule has 2 rings (SSSR count). The molecule has 3 N–H and O–H groups in total. The molecule has 1 aromatic heterocycles. The zero-order valence-electron chi connectivity index (χ0n) is 8.55. The van der Waals surface area contributed by atoms with E-state index in [1.807, 2.05) is 28.8 Å². The summed E-state index contributed by atoms with van der Waals surface area (Å²) in [5.74, 6) is 0. The molecule has 16 heavy (non-hydrogen) atoms. The van der Waals surface area contributed by atoms with Gasteiger partial charge in [-0.3, -0.25) is 0 Å². The van der Waals surface area contributed by atoms with E-state index in [-0.39, 0.29) is 6.61 Å². The van der Waals surface area contributed by atoms with Crippen molar-refractivity contribution >= 4 is 22.6 Å². The van der Waals surface area contributed by atoms with E-state index in [0.29, 0.717) is 0 Å². The van der Waals surface area contributed by atoms with E-state index in [2.05, 4.69) is 27.6 Å². The molecule has 0 fully saturated rings. The third-order valence-electron chi connectivity index (χ3n) is 2.35. The van der Waals surface area contributed by atoms with Crippen LogP contribution in [0.3, 0.4) is 0 Å². The first-order chi connectivity index (χ1) is 7.72. The Labute approximate surface area is 107 Å². The predicted octanol–water partition coefficient (Wildman–Crippen LogP) is 1.47. The molecular formula is C11H12IN3O. The second-order valence-electron chi connectivity index (χ2n) is 3.45. The molecule has 0 spiro atoms. The Morgan fingerprint density at radius 1 is 1.38 bits per heavy atom. The number of halogens is 1. The van der Waals surface area contributed by atoms with Gasteiger partial charge in [0.25, 0.3) is 0 Å². The molecule has 4 nitrogen and oxygen atoms in total. The smallest absolute Gasteiger partial charge is 0.0994 e. The SMILES string of the molecule is NC(CO)c1cncn1-c1ccc(I)cc1. The quantitative estimate of drug-likeness (QED) is 0.838. The molecule has 0 aliphatic heterocycles. The molecule has 0 aliphatic carbocycles. The molecule has 2 aromatic rings. The van der Waals surface area contributed by atoms with Crippen molar-refractivity contribution in [2.45, 2.75) is 6.04 Å². The fourth-order valence-corrected chi connectivity index (χ4v) is 1.85.